The summed E-state index contributed by atoms with van der Waals surface area (Å²) in [5, 5.41) is 19.8. The number of hydroxylamine groups is 3. The van der Waals surface area contributed by atoms with E-state index in [9.17, 15) is 5.21 Å². The van der Waals surface area contributed by atoms with Gasteiger partial charge in [-0.15, -0.1) is 0 Å². The van der Waals surface area contributed by atoms with Gasteiger partial charge < -0.3 is 25.4 Å². The molecule has 0 aromatic rings. The highest BCUT2D eigenvalue weighted by atomic mass is 16.6. The molecule has 3 unspecified atom stereocenters. The number of hydrogen-bond donors (Lipinski definition) is 2. The first-order chi connectivity index (χ1) is 9.74. The van der Waals surface area contributed by atoms with Gasteiger partial charge >= 0.3 is 0 Å². The zero-order valence-corrected chi connectivity index (χ0v) is 12.0. The molecule has 3 rings (SSSR count). The van der Waals surface area contributed by atoms with E-state index in [0.717, 1.165) is 25.9 Å². The van der Waals surface area contributed by atoms with Gasteiger partial charge in [0.05, 0.1) is 26.0 Å². The van der Waals surface area contributed by atoms with Crippen molar-refractivity contribution in [3.63, 3.8) is 0 Å². The second-order valence-electron chi connectivity index (χ2n) is 5.67. The van der Waals surface area contributed by atoms with Gasteiger partial charge in [0, 0.05) is 18.9 Å². The van der Waals surface area contributed by atoms with E-state index in [0.29, 0.717) is 13.1 Å². The summed E-state index contributed by atoms with van der Waals surface area (Å²) in [5.74, 6) is 0. The average Bonchev–Trinajstić information content (AvgIpc) is 2.47. The zero-order chi connectivity index (χ0) is 14.0. The molecule has 1 fully saturated rings. The van der Waals surface area contributed by atoms with E-state index < -0.39 is 0 Å². The molecule has 3 aliphatic rings. The lowest BCUT2D eigenvalue weighted by molar-refractivity contribution is -0.918. The number of aliphatic imine (C=N–C) groups is 1. The van der Waals surface area contributed by atoms with E-state index in [1.807, 2.05) is 6.20 Å². The number of quaternary nitrogens is 1. The number of rotatable bonds is 3. The molecule has 0 amide bonds. The SMILES string of the molecule is CCC[N+]1([O-])CCNCC1N1C=CCC2=CN=CNC21. The third-order valence-electron chi connectivity index (χ3n) is 4.31. The van der Waals surface area contributed by atoms with Crippen molar-refractivity contribution >= 4 is 6.34 Å². The topological polar surface area (TPSA) is 62.7 Å². The van der Waals surface area contributed by atoms with Crippen molar-refractivity contribution in [1.29, 1.82) is 0 Å². The van der Waals surface area contributed by atoms with Crippen LogP contribution in [0.2, 0.25) is 0 Å². The average molecular weight is 277 g/mol. The summed E-state index contributed by atoms with van der Waals surface area (Å²) in [7, 11) is 0. The van der Waals surface area contributed by atoms with Crippen LogP contribution >= 0.6 is 0 Å². The second kappa shape index (κ2) is 5.55. The first-order valence-corrected chi connectivity index (χ1v) is 7.44. The van der Waals surface area contributed by atoms with Crippen molar-refractivity contribution < 1.29 is 4.65 Å². The molecule has 6 nitrogen and oxygen atoms in total. The van der Waals surface area contributed by atoms with Crippen LogP contribution in [0.25, 0.3) is 0 Å². The lowest BCUT2D eigenvalue weighted by atomic mass is 10.0. The number of allylic oxidation sites excluding steroid dienone is 1. The zero-order valence-electron chi connectivity index (χ0n) is 12.0. The van der Waals surface area contributed by atoms with Gasteiger partial charge in [-0.25, -0.2) is 4.99 Å². The predicted octanol–water partition coefficient (Wildman–Crippen LogP) is 0.701. The Morgan fingerprint density at radius 3 is 3.30 bits per heavy atom. The van der Waals surface area contributed by atoms with Gasteiger partial charge in [0.25, 0.3) is 0 Å². The summed E-state index contributed by atoms with van der Waals surface area (Å²) in [6, 6.07) is 0. The first-order valence-electron chi connectivity index (χ1n) is 7.44. The van der Waals surface area contributed by atoms with E-state index in [2.05, 4.69) is 39.7 Å². The minimum absolute atomic E-state index is 0.0747. The normalized spacial score (nSPS) is 36.3. The van der Waals surface area contributed by atoms with E-state index in [1.165, 1.54) is 5.57 Å². The Morgan fingerprint density at radius 2 is 2.45 bits per heavy atom. The number of fused-ring (bicyclic) bond motifs is 1. The van der Waals surface area contributed by atoms with Crippen molar-refractivity contribution in [2.45, 2.75) is 32.1 Å². The van der Waals surface area contributed by atoms with Gasteiger partial charge in [-0.3, -0.25) is 0 Å². The second-order valence-corrected chi connectivity index (χ2v) is 5.67. The van der Waals surface area contributed by atoms with E-state index >= 15 is 0 Å². The predicted molar refractivity (Wildman–Crippen MR) is 79.4 cm³/mol. The summed E-state index contributed by atoms with van der Waals surface area (Å²) < 4.78 is -0.129. The standard InChI is InChI=1S/C14H23N5O/c1-2-7-19(20)8-5-15-10-13(19)18-6-3-4-12-9-16-11-17-14(12)18/h3,6,9,11,13-15H,2,4-5,7-8,10H2,1H3,(H,16,17). The highest BCUT2D eigenvalue weighted by molar-refractivity contribution is 5.59. The van der Waals surface area contributed by atoms with Crippen molar-refractivity contribution in [3.05, 3.63) is 29.3 Å². The summed E-state index contributed by atoms with van der Waals surface area (Å²) in [6.07, 6.45) is 9.64. The molecule has 6 heteroatoms. The van der Waals surface area contributed by atoms with E-state index in [1.54, 1.807) is 6.34 Å². The number of piperazine rings is 1. The van der Waals surface area contributed by atoms with Crippen LogP contribution in [0.5, 0.6) is 0 Å². The Balaban J connectivity index is 1.86. The van der Waals surface area contributed by atoms with Crippen molar-refractivity contribution in [3.8, 4) is 0 Å². The molecule has 3 aliphatic heterocycles. The van der Waals surface area contributed by atoms with Crippen molar-refractivity contribution in [2.24, 2.45) is 4.99 Å². The van der Waals surface area contributed by atoms with Crippen LogP contribution in [0.15, 0.2) is 29.0 Å². The summed E-state index contributed by atoms with van der Waals surface area (Å²) >= 11 is 0. The fourth-order valence-corrected chi connectivity index (χ4v) is 3.34. The molecule has 0 radical (unpaired) electrons. The minimum Gasteiger partial charge on any atom is -0.631 e. The lowest BCUT2D eigenvalue weighted by Crippen LogP contribution is -2.69. The molecule has 2 N–H and O–H groups in total. The fraction of sp³-hybridized carbons (Fsp3) is 0.643. The number of nitrogens with zero attached hydrogens (tertiary/aromatic N) is 3. The molecule has 0 spiro atoms. The molecular formula is C14H23N5O. The van der Waals surface area contributed by atoms with Gasteiger partial charge in [-0.2, -0.15) is 0 Å². The Morgan fingerprint density at radius 1 is 1.55 bits per heavy atom. The largest absolute Gasteiger partial charge is 0.631 e. The van der Waals surface area contributed by atoms with Crippen molar-refractivity contribution in [2.75, 3.05) is 26.2 Å². The molecular weight excluding hydrogens is 254 g/mol. The van der Waals surface area contributed by atoms with Gasteiger partial charge in [-0.05, 0) is 18.4 Å². The maximum atomic E-state index is 13.2. The van der Waals surface area contributed by atoms with E-state index in [-0.39, 0.29) is 17.0 Å². The maximum Gasteiger partial charge on any atom is 0.178 e. The summed E-state index contributed by atoms with van der Waals surface area (Å²) in [6.45, 7) is 4.94. The molecule has 0 saturated carbocycles. The highest BCUT2D eigenvalue weighted by Gasteiger charge is 2.39. The monoisotopic (exact) mass is 277 g/mol. The number of hydrogen-bond acceptors (Lipinski definition) is 5. The van der Waals surface area contributed by atoms with Gasteiger partial charge in [0.2, 0.25) is 0 Å². The Kier molecular flexibility index (Phi) is 3.78. The Bertz CT molecular complexity index is 443. The molecule has 110 valence electrons. The Hall–Kier alpha value is -1.37. The van der Waals surface area contributed by atoms with Gasteiger partial charge in [0.1, 0.15) is 6.17 Å². The molecule has 3 atom stereocenters. The van der Waals surface area contributed by atoms with Crippen LogP contribution < -0.4 is 10.6 Å². The van der Waals surface area contributed by atoms with Crippen LogP contribution in [0, 0.1) is 5.21 Å². The molecule has 0 aromatic heterocycles. The lowest BCUT2D eigenvalue weighted by Gasteiger charge is -2.56. The third kappa shape index (κ3) is 2.34. The number of nitrogens with one attached hydrogen (secondary N) is 2. The highest BCUT2D eigenvalue weighted by Crippen LogP contribution is 2.28. The van der Waals surface area contributed by atoms with Gasteiger partial charge in [-0.1, -0.05) is 13.0 Å². The quantitative estimate of drug-likeness (QED) is 0.589. The molecule has 0 bridgehead atoms. The fourth-order valence-electron chi connectivity index (χ4n) is 3.34. The molecule has 20 heavy (non-hydrogen) atoms. The smallest absolute Gasteiger partial charge is 0.178 e. The van der Waals surface area contributed by atoms with Gasteiger partial charge in [0.15, 0.2) is 6.17 Å². The summed E-state index contributed by atoms with van der Waals surface area (Å²) in [5.41, 5.74) is 1.23. The molecule has 3 heterocycles. The third-order valence-corrected chi connectivity index (χ3v) is 4.31. The first kappa shape index (κ1) is 13.6. The van der Waals surface area contributed by atoms with Crippen LogP contribution in [0.3, 0.4) is 0 Å². The Labute approximate surface area is 120 Å². The maximum absolute atomic E-state index is 13.2. The van der Waals surface area contributed by atoms with Crippen molar-refractivity contribution in [1.82, 2.24) is 15.5 Å². The molecule has 0 aliphatic carbocycles. The van der Waals surface area contributed by atoms with Crippen LogP contribution in [-0.2, 0) is 0 Å². The molecule has 1 saturated heterocycles. The summed E-state index contributed by atoms with van der Waals surface area (Å²) in [4.78, 5) is 6.33. The van der Waals surface area contributed by atoms with Crippen LogP contribution in [0.1, 0.15) is 19.8 Å². The van der Waals surface area contributed by atoms with Crippen LogP contribution in [0.4, 0.5) is 0 Å². The van der Waals surface area contributed by atoms with Crippen LogP contribution in [-0.4, -0.2) is 54.4 Å². The van der Waals surface area contributed by atoms with E-state index in [4.69, 9.17) is 0 Å². The molecule has 0 aromatic carbocycles. The minimum atomic E-state index is -0.129.